The third-order valence-electron chi connectivity index (χ3n) is 2.14. The number of aryl methyl sites for hydroxylation is 1. The molecule has 1 unspecified atom stereocenters. The summed E-state index contributed by atoms with van der Waals surface area (Å²) in [4.78, 5) is 15.7. The zero-order valence-corrected chi connectivity index (χ0v) is 9.01. The molecule has 0 aliphatic rings. The molecule has 7 heteroatoms. The molecule has 0 fully saturated rings. The van der Waals surface area contributed by atoms with Crippen molar-refractivity contribution in [2.45, 2.75) is 13.0 Å². The zero-order chi connectivity index (χ0) is 11.5. The highest BCUT2D eigenvalue weighted by Crippen LogP contribution is 2.05. The Kier molecular flexibility index (Phi) is 2.67. The molecule has 2 N–H and O–H groups in total. The number of H-pyrrole nitrogens is 1. The summed E-state index contributed by atoms with van der Waals surface area (Å²) in [5.41, 5.74) is 0.383. The van der Waals surface area contributed by atoms with E-state index in [-0.39, 0.29) is 11.9 Å². The van der Waals surface area contributed by atoms with Gasteiger partial charge in [-0.2, -0.15) is 10.2 Å². The topological polar surface area (TPSA) is 88.5 Å². The number of aromatic nitrogens is 5. The molecule has 0 aliphatic carbocycles. The molecule has 0 radical (unpaired) electrons. The van der Waals surface area contributed by atoms with Crippen molar-refractivity contribution in [3.8, 4) is 0 Å². The van der Waals surface area contributed by atoms with E-state index in [2.05, 4.69) is 25.6 Å². The number of rotatable bonds is 3. The van der Waals surface area contributed by atoms with Crippen molar-refractivity contribution in [2.75, 3.05) is 0 Å². The van der Waals surface area contributed by atoms with Crippen molar-refractivity contribution >= 4 is 5.91 Å². The lowest BCUT2D eigenvalue weighted by Crippen LogP contribution is -2.27. The predicted octanol–water partition coefficient (Wildman–Crippen LogP) is 0.0292. The van der Waals surface area contributed by atoms with Crippen LogP contribution in [0.1, 0.15) is 29.3 Å². The van der Waals surface area contributed by atoms with Gasteiger partial charge in [-0.25, -0.2) is 4.98 Å². The number of carbonyl (C=O) groups excluding carboxylic acids is 1. The minimum absolute atomic E-state index is 0.225. The molecule has 2 rings (SSSR count). The quantitative estimate of drug-likeness (QED) is 0.763. The average molecular weight is 220 g/mol. The van der Waals surface area contributed by atoms with Crippen LogP contribution in [-0.2, 0) is 7.05 Å². The fourth-order valence-corrected chi connectivity index (χ4v) is 1.30. The lowest BCUT2D eigenvalue weighted by atomic mass is 10.3. The van der Waals surface area contributed by atoms with Crippen LogP contribution in [0.5, 0.6) is 0 Å². The van der Waals surface area contributed by atoms with Gasteiger partial charge in [0.1, 0.15) is 17.8 Å². The molecular weight excluding hydrogens is 208 g/mol. The van der Waals surface area contributed by atoms with E-state index in [1.54, 1.807) is 24.0 Å². The number of nitrogens with zero attached hydrogens (tertiary/aromatic N) is 4. The number of nitrogens with one attached hydrogen (secondary N) is 2. The standard InChI is InChI=1S/C9H12N6O/c1-6(8-10-5-11-13-8)12-9(16)7-3-4-15(2)14-7/h3-6H,1-2H3,(H,12,16)(H,10,11,13). The summed E-state index contributed by atoms with van der Waals surface area (Å²) in [6.07, 6.45) is 3.12. The Labute approximate surface area is 91.9 Å². The molecule has 2 aromatic rings. The van der Waals surface area contributed by atoms with E-state index in [0.29, 0.717) is 11.5 Å². The van der Waals surface area contributed by atoms with E-state index in [4.69, 9.17) is 0 Å². The number of amides is 1. The van der Waals surface area contributed by atoms with Gasteiger partial charge in [-0.05, 0) is 13.0 Å². The summed E-state index contributed by atoms with van der Waals surface area (Å²) in [5, 5.41) is 13.2. The molecule has 1 atom stereocenters. The van der Waals surface area contributed by atoms with Gasteiger partial charge in [0.25, 0.3) is 5.91 Å². The lowest BCUT2D eigenvalue weighted by Gasteiger charge is -2.09. The number of hydrogen-bond donors (Lipinski definition) is 2. The van der Waals surface area contributed by atoms with Crippen LogP contribution in [0.25, 0.3) is 0 Å². The van der Waals surface area contributed by atoms with Crippen LogP contribution in [-0.4, -0.2) is 30.9 Å². The van der Waals surface area contributed by atoms with Gasteiger partial charge in [0.2, 0.25) is 0 Å². The highest BCUT2D eigenvalue weighted by Gasteiger charge is 2.14. The smallest absolute Gasteiger partial charge is 0.272 e. The van der Waals surface area contributed by atoms with Gasteiger partial charge >= 0.3 is 0 Å². The highest BCUT2D eigenvalue weighted by atomic mass is 16.2. The van der Waals surface area contributed by atoms with Gasteiger partial charge in [-0.15, -0.1) is 0 Å². The van der Waals surface area contributed by atoms with Crippen LogP contribution < -0.4 is 5.32 Å². The Hall–Kier alpha value is -2.18. The Morgan fingerprint density at radius 1 is 1.62 bits per heavy atom. The Morgan fingerprint density at radius 3 is 3.00 bits per heavy atom. The van der Waals surface area contributed by atoms with Crippen LogP contribution in [0.3, 0.4) is 0 Å². The van der Waals surface area contributed by atoms with Crippen LogP contribution in [0.2, 0.25) is 0 Å². The van der Waals surface area contributed by atoms with E-state index >= 15 is 0 Å². The van der Waals surface area contributed by atoms with Gasteiger partial charge in [-0.1, -0.05) is 0 Å². The van der Waals surface area contributed by atoms with Crippen LogP contribution >= 0.6 is 0 Å². The first kappa shape index (κ1) is 10.3. The van der Waals surface area contributed by atoms with Crippen molar-refractivity contribution < 1.29 is 4.79 Å². The molecule has 2 aromatic heterocycles. The van der Waals surface area contributed by atoms with Crippen LogP contribution in [0, 0.1) is 0 Å². The molecule has 0 bridgehead atoms. The average Bonchev–Trinajstić information content (AvgIpc) is 2.87. The summed E-state index contributed by atoms with van der Waals surface area (Å²) in [7, 11) is 1.76. The maximum absolute atomic E-state index is 11.7. The minimum atomic E-state index is -0.232. The normalized spacial score (nSPS) is 12.4. The molecule has 0 aromatic carbocycles. The van der Waals surface area contributed by atoms with Crippen LogP contribution in [0.15, 0.2) is 18.6 Å². The van der Waals surface area contributed by atoms with E-state index < -0.39 is 0 Å². The Morgan fingerprint density at radius 2 is 2.44 bits per heavy atom. The minimum Gasteiger partial charge on any atom is -0.341 e. The molecule has 7 nitrogen and oxygen atoms in total. The fourth-order valence-electron chi connectivity index (χ4n) is 1.30. The molecule has 2 heterocycles. The summed E-state index contributed by atoms with van der Waals surface area (Å²) in [6.45, 7) is 1.82. The molecule has 0 aliphatic heterocycles. The molecule has 0 saturated heterocycles. The van der Waals surface area contributed by atoms with Crippen molar-refractivity contribution in [3.05, 3.63) is 30.1 Å². The number of carbonyl (C=O) groups is 1. The van der Waals surface area contributed by atoms with Crippen molar-refractivity contribution in [1.29, 1.82) is 0 Å². The van der Waals surface area contributed by atoms with Crippen LogP contribution in [0.4, 0.5) is 0 Å². The summed E-state index contributed by atoms with van der Waals surface area (Å²) in [5.74, 6) is 0.383. The second-order valence-corrected chi connectivity index (χ2v) is 3.44. The molecular formula is C9H12N6O. The molecule has 84 valence electrons. The van der Waals surface area contributed by atoms with Gasteiger partial charge in [0.05, 0.1) is 6.04 Å². The van der Waals surface area contributed by atoms with Crippen molar-refractivity contribution in [3.63, 3.8) is 0 Å². The largest absolute Gasteiger partial charge is 0.341 e. The first-order chi connectivity index (χ1) is 7.66. The third-order valence-corrected chi connectivity index (χ3v) is 2.14. The first-order valence-corrected chi connectivity index (χ1v) is 4.82. The first-order valence-electron chi connectivity index (χ1n) is 4.82. The molecule has 0 spiro atoms. The zero-order valence-electron chi connectivity index (χ0n) is 9.01. The van der Waals surface area contributed by atoms with Gasteiger partial charge < -0.3 is 5.32 Å². The number of hydrogen-bond acceptors (Lipinski definition) is 4. The Bertz CT molecular complexity index is 474. The van der Waals surface area contributed by atoms with Gasteiger partial charge in [-0.3, -0.25) is 14.6 Å². The van der Waals surface area contributed by atoms with Gasteiger partial charge in [0.15, 0.2) is 0 Å². The van der Waals surface area contributed by atoms with E-state index in [0.717, 1.165) is 0 Å². The van der Waals surface area contributed by atoms with E-state index in [1.165, 1.54) is 6.33 Å². The van der Waals surface area contributed by atoms with Gasteiger partial charge in [0, 0.05) is 13.2 Å². The summed E-state index contributed by atoms with van der Waals surface area (Å²) in [6, 6.07) is 1.43. The number of aromatic amines is 1. The fraction of sp³-hybridized carbons (Fsp3) is 0.333. The van der Waals surface area contributed by atoms with E-state index in [9.17, 15) is 4.79 Å². The highest BCUT2D eigenvalue weighted by molar-refractivity contribution is 5.92. The predicted molar refractivity (Wildman–Crippen MR) is 55.5 cm³/mol. The van der Waals surface area contributed by atoms with E-state index in [1.807, 2.05) is 6.92 Å². The summed E-state index contributed by atoms with van der Waals surface area (Å²) < 4.78 is 1.58. The SMILES string of the molecule is CC(NC(=O)c1ccn(C)n1)c1ncn[nH]1. The monoisotopic (exact) mass is 220 g/mol. The Balaban J connectivity index is 2.03. The van der Waals surface area contributed by atoms with Crippen molar-refractivity contribution in [2.24, 2.45) is 7.05 Å². The maximum Gasteiger partial charge on any atom is 0.272 e. The second-order valence-electron chi connectivity index (χ2n) is 3.44. The molecule has 1 amide bonds. The summed E-state index contributed by atoms with van der Waals surface area (Å²) >= 11 is 0. The molecule has 0 saturated carbocycles. The molecule has 16 heavy (non-hydrogen) atoms. The third kappa shape index (κ3) is 2.08. The lowest BCUT2D eigenvalue weighted by molar-refractivity contribution is 0.0932. The van der Waals surface area contributed by atoms with Crippen molar-refractivity contribution in [1.82, 2.24) is 30.3 Å². The second kappa shape index (κ2) is 4.13. The maximum atomic E-state index is 11.7.